The maximum Gasteiger partial charge on any atom is 0.0756 e. The van der Waals surface area contributed by atoms with Crippen LogP contribution in [0.25, 0.3) is 32.7 Å². The highest BCUT2D eigenvalue weighted by molar-refractivity contribution is 6.19. The van der Waals surface area contributed by atoms with E-state index in [0.29, 0.717) is 0 Å². The fourth-order valence-electron chi connectivity index (χ4n) is 11.7. The molecule has 0 saturated carbocycles. The van der Waals surface area contributed by atoms with Crippen molar-refractivity contribution in [2.24, 2.45) is 0 Å². The maximum atomic E-state index is 2.56. The van der Waals surface area contributed by atoms with Gasteiger partial charge in [-0.05, 0) is 157 Å². The van der Waals surface area contributed by atoms with Gasteiger partial charge >= 0.3 is 0 Å². The summed E-state index contributed by atoms with van der Waals surface area (Å²) in [5, 5.41) is 4.85. The molecule has 0 N–H and O–H groups in total. The Balaban J connectivity index is 1.22. The summed E-state index contributed by atoms with van der Waals surface area (Å²) in [5.41, 5.74) is 21.9. The quantitative estimate of drug-likeness (QED) is 0.158. The molecule has 0 aromatic heterocycles. The number of rotatable bonds is 7. The molecule has 0 atom stereocenters. The standard InChI is InChI=1S/C67H51N3/c1-44-26-34-49(35-27-44)68(50-36-28-45(2)29-37-50)63-42-59-65(55-20-10-8-18-53(55)63)66-56-21-11-9-19-54(56)64(69(51-38-30-46(3)31-39-51)52-40-32-47(4)33-41-52)43-60(66)67(59)57-22-12-14-24-61(57)70(48-16-6-5-7-17-48)62-25-15-13-23-58(62)67/h5-43H,1-4H3. The molecule has 1 heterocycles. The van der Waals surface area contributed by atoms with Gasteiger partial charge in [-0.15, -0.1) is 0 Å². The van der Waals surface area contributed by atoms with E-state index in [9.17, 15) is 0 Å². The largest absolute Gasteiger partial charge is 0.310 e. The zero-order valence-electron chi connectivity index (χ0n) is 39.9. The summed E-state index contributed by atoms with van der Waals surface area (Å²) in [7, 11) is 0. The molecule has 1 aliphatic heterocycles. The average molecular weight is 898 g/mol. The Kier molecular flexibility index (Phi) is 9.64. The van der Waals surface area contributed by atoms with Crippen molar-refractivity contribution in [2.75, 3.05) is 14.7 Å². The molecule has 70 heavy (non-hydrogen) atoms. The molecule has 3 nitrogen and oxygen atoms in total. The second kappa shape index (κ2) is 16.3. The fraction of sp³-hybridized carbons (Fsp3) is 0.0746. The molecular weight excluding hydrogens is 847 g/mol. The van der Waals surface area contributed by atoms with E-state index in [4.69, 9.17) is 0 Å². The monoisotopic (exact) mass is 897 g/mol. The zero-order chi connectivity index (χ0) is 47.1. The minimum Gasteiger partial charge on any atom is -0.310 e. The van der Waals surface area contributed by atoms with Crippen LogP contribution in [0.3, 0.4) is 0 Å². The van der Waals surface area contributed by atoms with Crippen LogP contribution in [-0.2, 0) is 5.41 Å². The number of hydrogen-bond acceptors (Lipinski definition) is 3. The van der Waals surface area contributed by atoms with Gasteiger partial charge in [0.2, 0.25) is 0 Å². The van der Waals surface area contributed by atoms with E-state index in [0.717, 1.165) is 39.8 Å². The normalized spacial score (nSPS) is 12.9. The maximum absolute atomic E-state index is 2.56. The Morgan fingerprint density at radius 1 is 0.300 bits per heavy atom. The molecule has 0 unspecified atom stereocenters. The Morgan fingerprint density at radius 3 is 0.986 bits per heavy atom. The third-order valence-corrected chi connectivity index (χ3v) is 14.9. The van der Waals surface area contributed by atoms with Crippen molar-refractivity contribution in [3.8, 4) is 11.1 Å². The van der Waals surface area contributed by atoms with Crippen LogP contribution in [0, 0.1) is 27.7 Å². The van der Waals surface area contributed by atoms with Gasteiger partial charge in [0.15, 0.2) is 0 Å². The van der Waals surface area contributed by atoms with E-state index in [2.05, 4.69) is 279 Å². The van der Waals surface area contributed by atoms with E-state index < -0.39 is 5.41 Å². The lowest BCUT2D eigenvalue weighted by Gasteiger charge is -2.45. The van der Waals surface area contributed by atoms with Gasteiger partial charge in [-0.2, -0.15) is 0 Å². The second-order valence-electron chi connectivity index (χ2n) is 19.2. The third kappa shape index (κ3) is 6.28. The van der Waals surface area contributed by atoms with Crippen molar-refractivity contribution in [2.45, 2.75) is 33.1 Å². The molecule has 11 aromatic rings. The summed E-state index contributed by atoms with van der Waals surface area (Å²) >= 11 is 0. The predicted octanol–water partition coefficient (Wildman–Crippen LogP) is 18.3. The zero-order valence-corrected chi connectivity index (χ0v) is 39.9. The van der Waals surface area contributed by atoms with Crippen LogP contribution in [0.2, 0.25) is 0 Å². The molecule has 2 aliphatic rings. The van der Waals surface area contributed by atoms with Crippen LogP contribution in [0.1, 0.15) is 44.5 Å². The van der Waals surface area contributed by atoms with Crippen molar-refractivity contribution in [3.05, 3.63) is 281 Å². The predicted molar refractivity (Wildman–Crippen MR) is 295 cm³/mol. The van der Waals surface area contributed by atoms with Gasteiger partial charge in [-0.25, -0.2) is 0 Å². The highest BCUT2D eigenvalue weighted by atomic mass is 15.2. The summed E-state index contributed by atoms with van der Waals surface area (Å²) in [4.78, 5) is 7.44. The summed E-state index contributed by atoms with van der Waals surface area (Å²) < 4.78 is 0. The van der Waals surface area contributed by atoms with Crippen LogP contribution in [0.15, 0.2) is 237 Å². The molecule has 11 aromatic carbocycles. The van der Waals surface area contributed by atoms with E-state index in [1.165, 1.54) is 88.6 Å². The first-order chi connectivity index (χ1) is 34.4. The smallest absolute Gasteiger partial charge is 0.0756 e. The van der Waals surface area contributed by atoms with Gasteiger partial charge in [0.25, 0.3) is 0 Å². The first-order valence-electron chi connectivity index (χ1n) is 24.4. The molecule has 1 spiro atoms. The van der Waals surface area contributed by atoms with E-state index in [1.807, 2.05) is 0 Å². The van der Waals surface area contributed by atoms with Crippen LogP contribution in [0.5, 0.6) is 0 Å². The molecule has 0 fully saturated rings. The Labute approximate surface area is 410 Å². The summed E-state index contributed by atoms with van der Waals surface area (Å²) in [6.07, 6.45) is 0. The Morgan fingerprint density at radius 2 is 0.614 bits per heavy atom. The number of fused-ring (bicyclic) bond motifs is 13. The number of anilines is 9. The minimum absolute atomic E-state index is 0.765. The lowest BCUT2D eigenvalue weighted by Crippen LogP contribution is -2.36. The number of aryl methyl sites for hydroxylation is 4. The lowest BCUT2D eigenvalue weighted by atomic mass is 9.64. The van der Waals surface area contributed by atoms with Crippen molar-refractivity contribution in [3.63, 3.8) is 0 Å². The minimum atomic E-state index is -0.765. The molecule has 0 bridgehead atoms. The summed E-state index contributed by atoms with van der Waals surface area (Å²) in [5.74, 6) is 0. The van der Waals surface area contributed by atoms with Gasteiger partial charge in [-0.3, -0.25) is 0 Å². The van der Waals surface area contributed by atoms with Gasteiger partial charge in [0.05, 0.1) is 28.2 Å². The number of benzene rings is 11. The van der Waals surface area contributed by atoms with Gasteiger partial charge in [-0.1, -0.05) is 174 Å². The van der Waals surface area contributed by atoms with Crippen molar-refractivity contribution in [1.29, 1.82) is 0 Å². The first kappa shape index (κ1) is 41.5. The van der Waals surface area contributed by atoms with Gasteiger partial charge in [0, 0.05) is 39.2 Å². The molecule has 334 valence electrons. The van der Waals surface area contributed by atoms with E-state index >= 15 is 0 Å². The van der Waals surface area contributed by atoms with Gasteiger partial charge < -0.3 is 14.7 Å². The van der Waals surface area contributed by atoms with Crippen LogP contribution in [0.4, 0.5) is 51.2 Å². The highest BCUT2D eigenvalue weighted by Crippen LogP contribution is 2.67. The lowest BCUT2D eigenvalue weighted by molar-refractivity contribution is 0.753. The fourth-order valence-corrected chi connectivity index (χ4v) is 11.7. The number of nitrogens with zero attached hydrogens (tertiary/aromatic N) is 3. The number of hydrogen-bond donors (Lipinski definition) is 0. The van der Waals surface area contributed by atoms with Crippen LogP contribution >= 0.6 is 0 Å². The molecule has 0 saturated heterocycles. The van der Waals surface area contributed by atoms with Crippen molar-refractivity contribution in [1.82, 2.24) is 0 Å². The topological polar surface area (TPSA) is 9.72 Å². The third-order valence-electron chi connectivity index (χ3n) is 14.9. The second-order valence-corrected chi connectivity index (χ2v) is 19.2. The molecular formula is C67H51N3. The molecule has 0 amide bonds. The molecule has 0 radical (unpaired) electrons. The van der Waals surface area contributed by atoms with Gasteiger partial charge in [0.1, 0.15) is 0 Å². The highest BCUT2D eigenvalue weighted by Gasteiger charge is 2.53. The van der Waals surface area contributed by atoms with Crippen molar-refractivity contribution >= 4 is 72.7 Å². The molecule has 1 aliphatic carbocycles. The van der Waals surface area contributed by atoms with Crippen molar-refractivity contribution < 1.29 is 0 Å². The molecule has 13 rings (SSSR count). The van der Waals surface area contributed by atoms with Crippen LogP contribution < -0.4 is 14.7 Å². The first-order valence-corrected chi connectivity index (χ1v) is 24.4. The van der Waals surface area contributed by atoms with E-state index in [1.54, 1.807) is 0 Å². The Hall–Kier alpha value is -8.66. The summed E-state index contributed by atoms with van der Waals surface area (Å²) in [6, 6.07) is 88.7. The Bertz CT molecular complexity index is 3470. The summed E-state index contributed by atoms with van der Waals surface area (Å²) in [6.45, 7) is 8.67. The van der Waals surface area contributed by atoms with E-state index in [-0.39, 0.29) is 0 Å². The molecule has 3 heteroatoms. The SMILES string of the molecule is Cc1ccc(N(c2ccc(C)cc2)c2cc3c(c4ccccc24)-c2c(cc(N(c4ccc(C)cc4)c4ccc(C)cc4)c4ccccc24)C32c3ccccc3N(c3ccccc3)c3ccccc32)cc1. The van der Waals surface area contributed by atoms with Crippen LogP contribution in [-0.4, -0.2) is 0 Å². The number of para-hydroxylation sites is 3. The average Bonchev–Trinajstić information content (AvgIpc) is 3.70.